The van der Waals surface area contributed by atoms with E-state index in [1.54, 1.807) is 11.8 Å². The molecule has 0 saturated heterocycles. The van der Waals surface area contributed by atoms with Crippen LogP contribution in [0, 0.1) is 0 Å². The fourth-order valence-corrected chi connectivity index (χ4v) is 1.96. The number of aliphatic hydroxyl groups excluding tert-OH is 1. The summed E-state index contributed by atoms with van der Waals surface area (Å²) in [5, 5.41) is 9.09. The molecule has 0 bridgehead atoms. The first-order valence-corrected chi connectivity index (χ1v) is 6.34. The molecule has 0 aliphatic heterocycles. The maximum absolute atomic E-state index is 11.3. The summed E-state index contributed by atoms with van der Waals surface area (Å²) in [5.74, 6) is 0.613. The van der Waals surface area contributed by atoms with Crippen LogP contribution in [0.25, 0.3) is 0 Å². The number of esters is 1. The van der Waals surface area contributed by atoms with Crippen molar-refractivity contribution >= 4 is 17.7 Å². The van der Waals surface area contributed by atoms with Crippen LogP contribution in [0.5, 0.6) is 0 Å². The van der Waals surface area contributed by atoms with Gasteiger partial charge in [-0.15, -0.1) is 0 Å². The van der Waals surface area contributed by atoms with Gasteiger partial charge in [0.25, 0.3) is 0 Å². The first-order valence-electron chi connectivity index (χ1n) is 5.29. The normalized spacial score (nSPS) is 13.7. The average molecular weight is 234 g/mol. The summed E-state index contributed by atoms with van der Waals surface area (Å²) >= 11 is 1.69. The topological polar surface area (TPSA) is 46.5 Å². The molecule has 3 nitrogen and oxygen atoms in total. The van der Waals surface area contributed by atoms with E-state index in [-0.39, 0.29) is 12.6 Å². The van der Waals surface area contributed by atoms with E-state index in [1.807, 2.05) is 20.8 Å². The Morgan fingerprint density at radius 2 is 2.07 bits per heavy atom. The Morgan fingerprint density at radius 1 is 1.47 bits per heavy atom. The van der Waals surface area contributed by atoms with Crippen molar-refractivity contribution in [2.24, 2.45) is 0 Å². The fourth-order valence-electron chi connectivity index (χ4n) is 1.00. The molecular formula is C11H22O3S. The predicted molar refractivity (Wildman–Crippen MR) is 64.1 cm³/mol. The molecule has 90 valence electrons. The van der Waals surface area contributed by atoms with Crippen molar-refractivity contribution in [1.29, 1.82) is 0 Å². The van der Waals surface area contributed by atoms with Gasteiger partial charge in [-0.3, -0.25) is 4.79 Å². The number of hydrogen-bond acceptors (Lipinski definition) is 4. The second-order valence-electron chi connectivity index (χ2n) is 4.53. The van der Waals surface area contributed by atoms with Gasteiger partial charge in [0.05, 0.1) is 6.42 Å². The number of aliphatic hydroxyl groups is 1. The molecule has 0 fully saturated rings. The molecule has 0 aromatic rings. The molecular weight excluding hydrogens is 212 g/mol. The molecule has 0 amide bonds. The van der Waals surface area contributed by atoms with Crippen molar-refractivity contribution < 1.29 is 14.6 Å². The maximum Gasteiger partial charge on any atom is 0.307 e. The lowest BCUT2D eigenvalue weighted by molar-refractivity contribution is -0.154. The standard InChI is InChI=1S/C11H22O3S/c1-9(5-7-12)15-8-6-10(13)14-11(2,3)4/h9,12H,5-8H2,1-4H3. The minimum absolute atomic E-state index is 0.147. The van der Waals surface area contributed by atoms with Crippen molar-refractivity contribution in [3.63, 3.8) is 0 Å². The minimum Gasteiger partial charge on any atom is -0.460 e. The second-order valence-corrected chi connectivity index (χ2v) is 6.08. The molecule has 15 heavy (non-hydrogen) atoms. The summed E-state index contributed by atoms with van der Waals surface area (Å²) in [6, 6.07) is 0. The van der Waals surface area contributed by atoms with Crippen molar-refractivity contribution in [1.82, 2.24) is 0 Å². The van der Waals surface area contributed by atoms with Gasteiger partial charge in [0.1, 0.15) is 5.60 Å². The number of carbonyl (C=O) groups is 1. The van der Waals surface area contributed by atoms with Crippen LogP contribution in [0.4, 0.5) is 0 Å². The zero-order valence-electron chi connectivity index (χ0n) is 10.1. The molecule has 1 atom stereocenters. The maximum atomic E-state index is 11.3. The third-order valence-electron chi connectivity index (χ3n) is 1.66. The molecule has 0 aliphatic rings. The van der Waals surface area contributed by atoms with Crippen LogP contribution in [-0.2, 0) is 9.53 Å². The third-order valence-corrected chi connectivity index (χ3v) is 2.91. The van der Waals surface area contributed by atoms with Crippen LogP contribution < -0.4 is 0 Å². The predicted octanol–water partition coefficient (Wildman–Crippen LogP) is 2.22. The first-order chi connectivity index (χ1) is 6.85. The molecule has 0 rings (SSSR count). The van der Waals surface area contributed by atoms with Crippen LogP contribution in [0.2, 0.25) is 0 Å². The number of hydrogen-bond donors (Lipinski definition) is 1. The largest absolute Gasteiger partial charge is 0.460 e. The molecule has 0 aromatic carbocycles. The van der Waals surface area contributed by atoms with E-state index in [4.69, 9.17) is 9.84 Å². The summed E-state index contributed by atoms with van der Waals surface area (Å²) in [6.07, 6.45) is 1.22. The summed E-state index contributed by atoms with van der Waals surface area (Å²) in [5.41, 5.74) is -0.390. The highest BCUT2D eigenvalue weighted by molar-refractivity contribution is 7.99. The Balaban J connectivity index is 3.55. The van der Waals surface area contributed by atoms with Crippen LogP contribution in [0.3, 0.4) is 0 Å². The van der Waals surface area contributed by atoms with Gasteiger partial charge >= 0.3 is 5.97 Å². The van der Waals surface area contributed by atoms with E-state index in [1.165, 1.54) is 0 Å². The Morgan fingerprint density at radius 3 is 2.53 bits per heavy atom. The van der Waals surface area contributed by atoms with Crippen molar-refractivity contribution in [2.45, 2.75) is 51.4 Å². The van der Waals surface area contributed by atoms with E-state index in [0.29, 0.717) is 11.7 Å². The zero-order chi connectivity index (χ0) is 11.9. The molecule has 4 heteroatoms. The van der Waals surface area contributed by atoms with E-state index >= 15 is 0 Å². The Bertz CT molecular complexity index is 187. The molecule has 0 aliphatic carbocycles. The number of thioether (sulfide) groups is 1. The Hall–Kier alpha value is -0.220. The summed E-state index contributed by atoms with van der Waals surface area (Å²) < 4.78 is 5.18. The van der Waals surface area contributed by atoms with Gasteiger partial charge in [0, 0.05) is 17.6 Å². The van der Waals surface area contributed by atoms with E-state index in [2.05, 4.69) is 6.92 Å². The first kappa shape index (κ1) is 14.8. The van der Waals surface area contributed by atoms with Crippen molar-refractivity contribution in [3.8, 4) is 0 Å². The smallest absolute Gasteiger partial charge is 0.307 e. The Kier molecular flexibility index (Phi) is 7.02. The molecule has 0 saturated carbocycles. The van der Waals surface area contributed by atoms with Crippen LogP contribution >= 0.6 is 11.8 Å². The van der Waals surface area contributed by atoms with Crippen molar-refractivity contribution in [3.05, 3.63) is 0 Å². The van der Waals surface area contributed by atoms with Gasteiger partial charge in [-0.05, 0) is 27.2 Å². The minimum atomic E-state index is -0.390. The molecule has 0 aromatic heterocycles. The zero-order valence-corrected chi connectivity index (χ0v) is 10.9. The van der Waals surface area contributed by atoms with E-state index in [9.17, 15) is 4.79 Å². The highest BCUT2D eigenvalue weighted by atomic mass is 32.2. The van der Waals surface area contributed by atoms with Crippen molar-refractivity contribution in [2.75, 3.05) is 12.4 Å². The quantitative estimate of drug-likeness (QED) is 0.716. The van der Waals surface area contributed by atoms with Gasteiger partial charge in [-0.1, -0.05) is 6.92 Å². The fraction of sp³-hybridized carbons (Fsp3) is 0.909. The van der Waals surface area contributed by atoms with Crippen LogP contribution in [0.1, 0.15) is 40.5 Å². The molecule has 0 heterocycles. The van der Waals surface area contributed by atoms with E-state index in [0.717, 1.165) is 12.2 Å². The lowest BCUT2D eigenvalue weighted by Crippen LogP contribution is -2.24. The monoisotopic (exact) mass is 234 g/mol. The van der Waals surface area contributed by atoms with E-state index < -0.39 is 5.60 Å². The number of rotatable bonds is 6. The van der Waals surface area contributed by atoms with Gasteiger partial charge in [0.15, 0.2) is 0 Å². The third kappa shape index (κ3) is 10.1. The lowest BCUT2D eigenvalue weighted by Gasteiger charge is -2.19. The average Bonchev–Trinajstić information content (AvgIpc) is 2.00. The SMILES string of the molecule is CC(CCO)SCCC(=O)OC(C)(C)C. The summed E-state index contributed by atoms with van der Waals surface area (Å²) in [7, 11) is 0. The second kappa shape index (κ2) is 7.12. The van der Waals surface area contributed by atoms with Crippen LogP contribution in [0.15, 0.2) is 0 Å². The van der Waals surface area contributed by atoms with Gasteiger partial charge in [-0.2, -0.15) is 11.8 Å². The molecule has 1 unspecified atom stereocenters. The Labute approximate surface area is 96.6 Å². The summed E-state index contributed by atoms with van der Waals surface area (Å²) in [4.78, 5) is 11.3. The molecule has 0 spiro atoms. The lowest BCUT2D eigenvalue weighted by atomic mass is 10.2. The molecule has 0 radical (unpaired) electrons. The van der Waals surface area contributed by atoms with Gasteiger partial charge in [0.2, 0.25) is 0 Å². The molecule has 1 N–H and O–H groups in total. The summed E-state index contributed by atoms with van der Waals surface area (Å²) in [6.45, 7) is 7.86. The number of ether oxygens (including phenoxy) is 1. The highest BCUT2D eigenvalue weighted by Gasteiger charge is 2.16. The van der Waals surface area contributed by atoms with Gasteiger partial charge in [-0.25, -0.2) is 0 Å². The highest BCUT2D eigenvalue weighted by Crippen LogP contribution is 2.16. The van der Waals surface area contributed by atoms with Gasteiger partial charge < -0.3 is 9.84 Å². The van der Waals surface area contributed by atoms with Crippen LogP contribution in [-0.4, -0.2) is 34.3 Å². The number of carbonyl (C=O) groups excluding carboxylic acids is 1.